The predicted molar refractivity (Wildman–Crippen MR) is 120 cm³/mol. The van der Waals surface area contributed by atoms with Crippen LogP contribution >= 0.6 is 34.5 Å². The number of ether oxygens (including phenoxy) is 3. The monoisotopic (exact) mass is 486 g/mol. The summed E-state index contributed by atoms with van der Waals surface area (Å²) in [6, 6.07) is 9.51. The third-order valence-electron chi connectivity index (χ3n) is 4.69. The lowest BCUT2D eigenvalue weighted by atomic mass is 10.2. The molecule has 1 aliphatic rings. The maximum absolute atomic E-state index is 13.2. The van der Waals surface area contributed by atoms with Gasteiger partial charge in [0.1, 0.15) is 0 Å². The topological polar surface area (TPSA) is 68.3 Å². The first kappa shape index (κ1) is 23.7. The van der Waals surface area contributed by atoms with Gasteiger partial charge in [-0.2, -0.15) is 0 Å². The molecular formula is C21H24Cl2N2O5S. The predicted octanol–water partition coefficient (Wildman–Crippen LogP) is 3.67. The SMILES string of the molecule is COCCCN(CC(=O)N(Cc1ccc2c(c1)OCO2)Cc1cccs1)C(=O)C(Cl)Cl. The highest BCUT2D eigenvalue weighted by Crippen LogP contribution is 2.33. The van der Waals surface area contributed by atoms with Gasteiger partial charge in [-0.3, -0.25) is 9.59 Å². The van der Waals surface area contributed by atoms with Gasteiger partial charge in [0, 0.05) is 31.7 Å². The average Bonchev–Trinajstić information content (AvgIpc) is 3.43. The van der Waals surface area contributed by atoms with Crippen LogP contribution in [0, 0.1) is 0 Å². The molecular weight excluding hydrogens is 463 g/mol. The Kier molecular flexibility index (Phi) is 8.83. The lowest BCUT2D eigenvalue weighted by Crippen LogP contribution is -2.44. The summed E-state index contributed by atoms with van der Waals surface area (Å²) in [5.41, 5.74) is 0.902. The molecule has 0 bridgehead atoms. The number of nitrogens with zero attached hydrogens (tertiary/aromatic N) is 2. The fourth-order valence-electron chi connectivity index (χ4n) is 3.15. The molecule has 0 unspecified atom stereocenters. The Hall–Kier alpha value is -2.00. The quantitative estimate of drug-likeness (QED) is 0.358. The van der Waals surface area contributed by atoms with E-state index in [9.17, 15) is 9.59 Å². The van der Waals surface area contributed by atoms with Crippen LogP contribution < -0.4 is 9.47 Å². The molecule has 10 heteroatoms. The van der Waals surface area contributed by atoms with Gasteiger partial charge in [-0.25, -0.2) is 0 Å². The summed E-state index contributed by atoms with van der Waals surface area (Å²) in [6.45, 7) is 1.64. The molecule has 2 aromatic rings. The van der Waals surface area contributed by atoms with Crippen molar-refractivity contribution in [2.24, 2.45) is 0 Å². The highest BCUT2D eigenvalue weighted by atomic mass is 35.5. The van der Waals surface area contributed by atoms with Gasteiger partial charge in [-0.15, -0.1) is 11.3 Å². The molecule has 31 heavy (non-hydrogen) atoms. The van der Waals surface area contributed by atoms with Gasteiger partial charge in [0.15, 0.2) is 16.3 Å². The number of fused-ring (bicyclic) bond motifs is 1. The number of methoxy groups -OCH3 is 1. The number of amides is 2. The van der Waals surface area contributed by atoms with Crippen LogP contribution in [0.25, 0.3) is 0 Å². The van der Waals surface area contributed by atoms with Crippen LogP contribution in [0.15, 0.2) is 35.7 Å². The Morgan fingerprint density at radius 2 is 1.97 bits per heavy atom. The van der Waals surface area contributed by atoms with E-state index in [-0.39, 0.29) is 19.2 Å². The summed E-state index contributed by atoms with van der Waals surface area (Å²) in [6.07, 6.45) is 0.573. The number of alkyl halides is 2. The number of thiophene rings is 1. The molecule has 2 heterocycles. The molecule has 2 amide bonds. The number of rotatable bonds is 11. The van der Waals surface area contributed by atoms with E-state index in [1.807, 2.05) is 35.7 Å². The first-order valence-electron chi connectivity index (χ1n) is 9.72. The third kappa shape index (κ3) is 6.74. The minimum Gasteiger partial charge on any atom is -0.454 e. The van der Waals surface area contributed by atoms with Gasteiger partial charge in [-0.05, 0) is 35.6 Å². The first-order valence-corrected chi connectivity index (χ1v) is 11.5. The fourth-order valence-corrected chi connectivity index (χ4v) is 4.15. The van der Waals surface area contributed by atoms with Gasteiger partial charge in [0.25, 0.3) is 5.91 Å². The molecule has 0 spiro atoms. The molecule has 0 aliphatic carbocycles. The maximum Gasteiger partial charge on any atom is 0.256 e. The minimum absolute atomic E-state index is 0.117. The van der Waals surface area contributed by atoms with Crippen molar-refractivity contribution < 1.29 is 23.8 Å². The second-order valence-electron chi connectivity index (χ2n) is 6.92. The van der Waals surface area contributed by atoms with Gasteiger partial charge < -0.3 is 24.0 Å². The normalized spacial score (nSPS) is 12.3. The Morgan fingerprint density at radius 3 is 2.68 bits per heavy atom. The zero-order valence-electron chi connectivity index (χ0n) is 17.1. The maximum atomic E-state index is 13.2. The standard InChI is InChI=1S/C21H24Cl2N2O5S/c1-28-8-3-7-24(21(27)20(22)23)13-19(26)25(12-16-4-2-9-31-16)11-15-5-6-17-18(10-15)30-14-29-17/h2,4-6,9-10,20H,3,7-8,11-14H2,1H3. The zero-order chi connectivity index (χ0) is 22.2. The average molecular weight is 487 g/mol. The molecule has 3 rings (SSSR count). The summed E-state index contributed by atoms with van der Waals surface area (Å²) in [7, 11) is 1.58. The largest absolute Gasteiger partial charge is 0.454 e. The Morgan fingerprint density at radius 1 is 1.16 bits per heavy atom. The van der Waals surface area contributed by atoms with Crippen molar-refractivity contribution in [2.45, 2.75) is 24.3 Å². The zero-order valence-corrected chi connectivity index (χ0v) is 19.4. The fraction of sp³-hybridized carbons (Fsp3) is 0.429. The molecule has 0 atom stereocenters. The van der Waals surface area contributed by atoms with Crippen molar-refractivity contribution in [3.05, 3.63) is 46.2 Å². The molecule has 1 aromatic carbocycles. The van der Waals surface area contributed by atoms with Crippen LogP contribution in [0.3, 0.4) is 0 Å². The highest BCUT2D eigenvalue weighted by molar-refractivity contribution is 7.09. The van der Waals surface area contributed by atoms with Gasteiger partial charge >= 0.3 is 0 Å². The number of carbonyl (C=O) groups excluding carboxylic acids is 2. The molecule has 0 saturated heterocycles. The molecule has 168 valence electrons. The van der Waals surface area contributed by atoms with Crippen molar-refractivity contribution >= 4 is 46.4 Å². The lowest BCUT2D eigenvalue weighted by molar-refractivity contribution is -0.140. The van der Waals surface area contributed by atoms with Crippen molar-refractivity contribution in [1.29, 1.82) is 0 Å². The van der Waals surface area contributed by atoms with E-state index < -0.39 is 10.7 Å². The first-order chi connectivity index (χ1) is 15.0. The van der Waals surface area contributed by atoms with Crippen molar-refractivity contribution in [3.63, 3.8) is 0 Å². The number of halogens is 2. The third-order valence-corrected chi connectivity index (χ3v) is 5.93. The van der Waals surface area contributed by atoms with E-state index in [0.29, 0.717) is 44.2 Å². The van der Waals surface area contributed by atoms with Crippen LogP contribution in [0.4, 0.5) is 0 Å². The van der Waals surface area contributed by atoms with E-state index in [2.05, 4.69) is 0 Å². The second-order valence-corrected chi connectivity index (χ2v) is 9.05. The lowest BCUT2D eigenvalue weighted by Gasteiger charge is -2.28. The van der Waals surface area contributed by atoms with E-state index in [0.717, 1.165) is 10.4 Å². The molecule has 1 aliphatic heterocycles. The summed E-state index contributed by atoms with van der Waals surface area (Å²) in [5.74, 6) is 0.646. The molecule has 0 saturated carbocycles. The Bertz CT molecular complexity index is 879. The van der Waals surface area contributed by atoms with Crippen LogP contribution in [0.2, 0.25) is 0 Å². The highest BCUT2D eigenvalue weighted by Gasteiger charge is 2.25. The summed E-state index contributed by atoms with van der Waals surface area (Å²) >= 11 is 13.2. The van der Waals surface area contributed by atoms with E-state index >= 15 is 0 Å². The van der Waals surface area contributed by atoms with Gasteiger partial charge in [0.05, 0.1) is 13.1 Å². The number of benzene rings is 1. The summed E-state index contributed by atoms with van der Waals surface area (Å²) < 4.78 is 15.9. The van der Waals surface area contributed by atoms with Crippen molar-refractivity contribution in [2.75, 3.05) is 33.6 Å². The second kappa shape index (κ2) is 11.6. The smallest absolute Gasteiger partial charge is 0.256 e. The molecule has 0 fully saturated rings. The molecule has 0 N–H and O–H groups in total. The van der Waals surface area contributed by atoms with E-state index in [1.165, 1.54) is 4.90 Å². The summed E-state index contributed by atoms with van der Waals surface area (Å²) in [5, 5.41) is 1.96. The van der Waals surface area contributed by atoms with Crippen LogP contribution in [-0.2, 0) is 27.4 Å². The number of hydrogen-bond donors (Lipinski definition) is 0. The van der Waals surface area contributed by atoms with Crippen LogP contribution in [0.5, 0.6) is 11.5 Å². The Balaban J connectivity index is 1.74. The van der Waals surface area contributed by atoms with E-state index in [1.54, 1.807) is 23.3 Å². The van der Waals surface area contributed by atoms with E-state index in [4.69, 9.17) is 37.4 Å². The van der Waals surface area contributed by atoms with Gasteiger partial charge in [-0.1, -0.05) is 35.3 Å². The minimum atomic E-state index is -1.23. The molecule has 1 aromatic heterocycles. The van der Waals surface area contributed by atoms with Crippen LogP contribution in [0.1, 0.15) is 16.9 Å². The summed E-state index contributed by atoms with van der Waals surface area (Å²) in [4.78, 5) is 28.6. The Labute approximate surface area is 195 Å². The van der Waals surface area contributed by atoms with Crippen LogP contribution in [-0.4, -0.2) is 60.0 Å². The molecule has 0 radical (unpaired) electrons. The van der Waals surface area contributed by atoms with Crippen molar-refractivity contribution in [3.8, 4) is 11.5 Å². The number of hydrogen-bond acceptors (Lipinski definition) is 6. The molecule has 7 nitrogen and oxygen atoms in total. The van der Waals surface area contributed by atoms with Gasteiger partial charge in [0.2, 0.25) is 12.7 Å². The number of carbonyl (C=O) groups is 2. The van der Waals surface area contributed by atoms with Crippen molar-refractivity contribution in [1.82, 2.24) is 9.80 Å².